The second-order valence-corrected chi connectivity index (χ2v) is 4.08. The first-order chi connectivity index (χ1) is 8.15. The average Bonchev–Trinajstić information content (AvgIpc) is 2.70. The summed E-state index contributed by atoms with van der Waals surface area (Å²) in [6, 6.07) is 1.91. The van der Waals surface area contributed by atoms with Gasteiger partial charge in [-0.2, -0.15) is 10.2 Å². The van der Waals surface area contributed by atoms with Gasteiger partial charge in [-0.3, -0.25) is 9.69 Å². The molecule has 7 heteroatoms. The van der Waals surface area contributed by atoms with Gasteiger partial charge in [0.25, 0.3) is 0 Å². The molecule has 2 heterocycles. The number of aromatic nitrogens is 2. The Morgan fingerprint density at radius 2 is 2.47 bits per heavy atom. The topological polar surface area (TPSA) is 90.1 Å². The Morgan fingerprint density at radius 3 is 3.06 bits per heavy atom. The van der Waals surface area contributed by atoms with Gasteiger partial charge in [-0.1, -0.05) is 0 Å². The molecule has 1 saturated heterocycles. The van der Waals surface area contributed by atoms with Crippen LogP contribution in [0.15, 0.2) is 6.20 Å². The minimum atomic E-state index is -0.171. The van der Waals surface area contributed by atoms with Gasteiger partial charge in [-0.05, 0) is 11.6 Å². The van der Waals surface area contributed by atoms with Crippen LogP contribution < -0.4 is 4.90 Å². The predicted octanol–water partition coefficient (Wildman–Crippen LogP) is 0.347. The van der Waals surface area contributed by atoms with Crippen molar-refractivity contribution < 1.29 is 9.90 Å². The van der Waals surface area contributed by atoms with Crippen molar-refractivity contribution in [3.8, 4) is 6.07 Å². The van der Waals surface area contributed by atoms with E-state index in [1.165, 1.54) is 11.1 Å². The van der Waals surface area contributed by atoms with Crippen LogP contribution in [0, 0.1) is 17.2 Å². The SMILES string of the molecule is N#Cc1cnc(Cl)nc1N1CC(CO)CC1=O. The summed E-state index contributed by atoms with van der Waals surface area (Å²) >= 11 is 5.65. The van der Waals surface area contributed by atoms with Crippen LogP contribution in [0.4, 0.5) is 5.82 Å². The van der Waals surface area contributed by atoms with Gasteiger partial charge in [-0.15, -0.1) is 0 Å². The van der Waals surface area contributed by atoms with E-state index in [0.29, 0.717) is 6.54 Å². The molecule has 1 aromatic rings. The number of rotatable bonds is 2. The fourth-order valence-electron chi connectivity index (χ4n) is 1.75. The van der Waals surface area contributed by atoms with E-state index in [1.807, 2.05) is 6.07 Å². The van der Waals surface area contributed by atoms with Crippen molar-refractivity contribution in [1.29, 1.82) is 5.26 Å². The number of carbonyl (C=O) groups is 1. The van der Waals surface area contributed by atoms with Gasteiger partial charge in [-0.25, -0.2) is 4.98 Å². The molecule has 1 N–H and O–H groups in total. The van der Waals surface area contributed by atoms with Crippen LogP contribution in [-0.4, -0.2) is 34.1 Å². The molecule has 6 nitrogen and oxygen atoms in total. The van der Waals surface area contributed by atoms with Crippen LogP contribution in [0.25, 0.3) is 0 Å². The Morgan fingerprint density at radius 1 is 1.71 bits per heavy atom. The molecule has 1 aromatic heterocycles. The van der Waals surface area contributed by atoms with Crippen LogP contribution in [0.2, 0.25) is 5.28 Å². The van der Waals surface area contributed by atoms with E-state index in [0.717, 1.165) is 0 Å². The number of aliphatic hydroxyl groups is 1. The van der Waals surface area contributed by atoms with Crippen molar-refractivity contribution in [1.82, 2.24) is 9.97 Å². The monoisotopic (exact) mass is 252 g/mol. The van der Waals surface area contributed by atoms with Gasteiger partial charge in [0.15, 0.2) is 5.82 Å². The van der Waals surface area contributed by atoms with Crippen molar-refractivity contribution in [3.05, 3.63) is 17.0 Å². The highest BCUT2D eigenvalue weighted by atomic mass is 35.5. The lowest BCUT2D eigenvalue weighted by Gasteiger charge is -2.16. The van der Waals surface area contributed by atoms with Crippen molar-refractivity contribution in [2.75, 3.05) is 18.1 Å². The first-order valence-electron chi connectivity index (χ1n) is 4.99. The summed E-state index contributed by atoms with van der Waals surface area (Å²) in [4.78, 5) is 20.7. The summed E-state index contributed by atoms with van der Waals surface area (Å²) in [7, 11) is 0. The molecule has 0 radical (unpaired) electrons. The molecule has 0 saturated carbocycles. The smallest absolute Gasteiger partial charge is 0.228 e. The summed E-state index contributed by atoms with van der Waals surface area (Å²) in [5, 5.41) is 17.9. The highest BCUT2D eigenvalue weighted by Crippen LogP contribution is 2.26. The Balaban J connectivity index is 2.37. The van der Waals surface area contributed by atoms with Crippen LogP contribution in [-0.2, 0) is 4.79 Å². The van der Waals surface area contributed by atoms with E-state index in [2.05, 4.69) is 9.97 Å². The number of hydrogen-bond donors (Lipinski definition) is 1. The van der Waals surface area contributed by atoms with Crippen LogP contribution >= 0.6 is 11.6 Å². The lowest BCUT2D eigenvalue weighted by atomic mass is 10.1. The number of nitriles is 1. The molecular weight excluding hydrogens is 244 g/mol. The highest BCUT2D eigenvalue weighted by molar-refractivity contribution is 6.28. The van der Waals surface area contributed by atoms with Crippen LogP contribution in [0.3, 0.4) is 0 Å². The molecule has 88 valence electrons. The molecule has 17 heavy (non-hydrogen) atoms. The number of hydrogen-bond acceptors (Lipinski definition) is 5. The second-order valence-electron chi connectivity index (χ2n) is 3.75. The molecule has 1 aliphatic heterocycles. The molecule has 1 aliphatic rings. The lowest BCUT2D eigenvalue weighted by Crippen LogP contribution is -2.27. The zero-order chi connectivity index (χ0) is 12.4. The Labute approximate surface area is 102 Å². The largest absolute Gasteiger partial charge is 0.396 e. The van der Waals surface area contributed by atoms with Crippen molar-refractivity contribution in [2.45, 2.75) is 6.42 Å². The zero-order valence-electron chi connectivity index (χ0n) is 8.80. The molecule has 2 rings (SSSR count). The molecule has 0 bridgehead atoms. The lowest BCUT2D eigenvalue weighted by molar-refractivity contribution is -0.117. The number of amides is 1. The summed E-state index contributed by atoms with van der Waals surface area (Å²) < 4.78 is 0. The maximum absolute atomic E-state index is 11.7. The van der Waals surface area contributed by atoms with Crippen LogP contribution in [0.1, 0.15) is 12.0 Å². The molecule has 1 unspecified atom stereocenters. The van der Waals surface area contributed by atoms with E-state index < -0.39 is 0 Å². The molecule has 1 fully saturated rings. The molecular formula is C10H9ClN4O2. The van der Waals surface area contributed by atoms with E-state index >= 15 is 0 Å². The van der Waals surface area contributed by atoms with Crippen molar-refractivity contribution in [2.24, 2.45) is 5.92 Å². The second kappa shape index (κ2) is 4.65. The minimum Gasteiger partial charge on any atom is -0.396 e. The van der Waals surface area contributed by atoms with E-state index in [-0.39, 0.29) is 41.5 Å². The molecule has 1 atom stereocenters. The standard InChI is InChI=1S/C10H9ClN4O2/c11-10-13-3-7(2-12)9(14-10)15-4-6(5-16)1-8(15)17/h3,6,16H,1,4-5H2. The first-order valence-corrected chi connectivity index (χ1v) is 5.37. The maximum Gasteiger partial charge on any atom is 0.228 e. The number of halogens is 1. The summed E-state index contributed by atoms with van der Waals surface area (Å²) in [5.74, 6) is -0.0773. The number of aliphatic hydroxyl groups excluding tert-OH is 1. The predicted molar refractivity (Wildman–Crippen MR) is 59.3 cm³/mol. The normalized spacial score (nSPS) is 19.5. The van der Waals surface area contributed by atoms with Gasteiger partial charge >= 0.3 is 0 Å². The number of anilines is 1. The van der Waals surface area contributed by atoms with E-state index in [4.69, 9.17) is 22.0 Å². The third kappa shape index (κ3) is 2.20. The average molecular weight is 253 g/mol. The first kappa shape index (κ1) is 11.8. The maximum atomic E-state index is 11.7. The highest BCUT2D eigenvalue weighted by Gasteiger charge is 2.32. The summed E-state index contributed by atoms with van der Waals surface area (Å²) in [6.07, 6.45) is 1.53. The Hall–Kier alpha value is -1.71. The summed E-state index contributed by atoms with van der Waals surface area (Å²) in [6.45, 7) is 0.278. The van der Waals surface area contributed by atoms with Crippen molar-refractivity contribution >= 4 is 23.3 Å². The molecule has 0 aromatic carbocycles. The number of carbonyl (C=O) groups excluding carboxylic acids is 1. The third-order valence-corrected chi connectivity index (χ3v) is 2.76. The van der Waals surface area contributed by atoms with Gasteiger partial charge in [0.05, 0.1) is 6.20 Å². The van der Waals surface area contributed by atoms with Gasteiger partial charge in [0.2, 0.25) is 11.2 Å². The van der Waals surface area contributed by atoms with E-state index in [1.54, 1.807) is 0 Å². The molecule has 0 aliphatic carbocycles. The number of nitrogens with zero attached hydrogens (tertiary/aromatic N) is 4. The molecule has 1 amide bonds. The fourth-order valence-corrected chi connectivity index (χ4v) is 1.87. The molecule has 0 spiro atoms. The minimum absolute atomic E-state index is 0.0146. The Bertz CT molecular complexity index is 500. The third-order valence-electron chi connectivity index (χ3n) is 2.58. The van der Waals surface area contributed by atoms with Crippen molar-refractivity contribution in [3.63, 3.8) is 0 Å². The van der Waals surface area contributed by atoms with E-state index in [9.17, 15) is 4.79 Å². The van der Waals surface area contributed by atoms with Gasteiger partial charge in [0.1, 0.15) is 11.6 Å². The quantitative estimate of drug-likeness (QED) is 0.767. The Kier molecular flexibility index (Phi) is 3.22. The van der Waals surface area contributed by atoms with Gasteiger partial charge in [0, 0.05) is 25.5 Å². The van der Waals surface area contributed by atoms with Gasteiger partial charge < -0.3 is 5.11 Å². The summed E-state index contributed by atoms with van der Waals surface area (Å²) in [5.41, 5.74) is 0.196. The van der Waals surface area contributed by atoms with Crippen LogP contribution in [0.5, 0.6) is 0 Å². The fraction of sp³-hybridized carbons (Fsp3) is 0.400. The zero-order valence-corrected chi connectivity index (χ0v) is 9.55.